The fraction of sp³-hybridized carbons (Fsp3) is 0.391. The molecule has 0 atom stereocenters. The average molecular weight is 487 g/mol. The van der Waals surface area contributed by atoms with Crippen molar-refractivity contribution in [3.63, 3.8) is 0 Å². The second-order valence-electron chi connectivity index (χ2n) is 8.64. The Morgan fingerprint density at radius 3 is 2.59 bits per heavy atom. The minimum absolute atomic E-state index is 0. The summed E-state index contributed by atoms with van der Waals surface area (Å²) in [5, 5.41) is 5.82. The van der Waals surface area contributed by atoms with E-state index in [-0.39, 0.29) is 18.1 Å². The van der Waals surface area contributed by atoms with Crippen LogP contribution in [0, 0.1) is 5.92 Å². The van der Waals surface area contributed by atoms with E-state index in [1.807, 2.05) is 24.8 Å². The maximum absolute atomic E-state index is 13.1. The molecule has 10 nitrogen and oxygen atoms in total. The van der Waals surface area contributed by atoms with Crippen molar-refractivity contribution in [2.24, 2.45) is 5.92 Å². The van der Waals surface area contributed by atoms with Crippen LogP contribution in [-0.2, 0) is 10.0 Å². The van der Waals surface area contributed by atoms with Crippen LogP contribution in [0.1, 0.15) is 45.4 Å². The number of rotatable bonds is 7. The third kappa shape index (κ3) is 5.36. The Morgan fingerprint density at radius 2 is 1.97 bits per heavy atom. The number of piperidine rings is 1. The summed E-state index contributed by atoms with van der Waals surface area (Å²) < 4.78 is 32.8. The van der Waals surface area contributed by atoms with Crippen LogP contribution in [0.3, 0.4) is 0 Å². The number of hydrogen-bond acceptors (Lipinski definition) is 8. The summed E-state index contributed by atoms with van der Waals surface area (Å²) in [5.74, 6) is 0.796. The van der Waals surface area contributed by atoms with Gasteiger partial charge in [0.2, 0.25) is 5.88 Å². The molecule has 4 heterocycles. The van der Waals surface area contributed by atoms with Gasteiger partial charge in [0.1, 0.15) is 5.82 Å². The molecule has 0 unspecified atom stereocenters. The van der Waals surface area contributed by atoms with E-state index in [0.29, 0.717) is 23.3 Å². The summed E-state index contributed by atoms with van der Waals surface area (Å²) in [6.07, 6.45) is 4.91. The van der Waals surface area contributed by atoms with Gasteiger partial charge in [-0.25, -0.2) is 14.7 Å². The lowest BCUT2D eigenvalue weighted by Crippen LogP contribution is -2.37. The number of sulfonamides is 1. The number of aromatic amines is 1. The van der Waals surface area contributed by atoms with Gasteiger partial charge in [0.15, 0.2) is 5.03 Å². The highest BCUT2D eigenvalue weighted by Crippen LogP contribution is 2.29. The molecule has 0 spiro atoms. The van der Waals surface area contributed by atoms with Crippen LogP contribution in [-0.4, -0.2) is 53.7 Å². The lowest BCUT2D eigenvalue weighted by atomic mass is 9.99. The number of nitrogens with one attached hydrogen (secondary N) is 2. The van der Waals surface area contributed by atoms with Gasteiger partial charge in [-0.3, -0.25) is 9.89 Å². The first-order chi connectivity index (χ1) is 16.2. The quantitative estimate of drug-likeness (QED) is 0.520. The van der Waals surface area contributed by atoms with Gasteiger partial charge in [-0.15, -0.1) is 0 Å². The molecule has 11 heteroatoms. The largest absolute Gasteiger partial charge is 0.475 e. The van der Waals surface area contributed by atoms with E-state index in [0.717, 1.165) is 31.5 Å². The van der Waals surface area contributed by atoms with Gasteiger partial charge < -0.3 is 9.64 Å². The molecule has 2 N–H and O–H groups in total. The molecule has 0 aliphatic carbocycles. The molecule has 3 aromatic rings. The predicted octanol–water partition coefficient (Wildman–Crippen LogP) is 3.25. The van der Waals surface area contributed by atoms with E-state index in [2.05, 4.69) is 26.8 Å². The Labute approximate surface area is 200 Å². The molecule has 0 bridgehead atoms. The molecule has 1 aliphatic heterocycles. The molecule has 34 heavy (non-hydrogen) atoms. The van der Waals surface area contributed by atoms with Crippen LogP contribution in [0.4, 0.5) is 5.82 Å². The topological polar surface area (TPSA) is 130 Å². The van der Waals surface area contributed by atoms with Gasteiger partial charge in [0, 0.05) is 32.3 Å². The number of nitrogens with zero attached hydrogens (tertiary/aromatic N) is 4. The Hall–Kier alpha value is -3.47. The van der Waals surface area contributed by atoms with Crippen molar-refractivity contribution >= 4 is 21.7 Å². The SMILES string of the molecule is CC1CCN(c2nc(-c3ccc(OC(C)C)nc3)ccc2C(=O)NS(=O)(=O)c2ccn[nH]2)CC1.[HH]. The van der Waals surface area contributed by atoms with Gasteiger partial charge in [0.05, 0.1) is 23.6 Å². The van der Waals surface area contributed by atoms with Crippen molar-refractivity contribution < 1.29 is 19.4 Å². The molecule has 0 aromatic carbocycles. The maximum Gasteiger partial charge on any atom is 0.281 e. The zero-order valence-corrected chi connectivity index (χ0v) is 20.2. The summed E-state index contributed by atoms with van der Waals surface area (Å²) in [4.78, 5) is 24.2. The van der Waals surface area contributed by atoms with E-state index in [1.54, 1.807) is 24.4 Å². The highest BCUT2D eigenvalue weighted by molar-refractivity contribution is 7.90. The second kappa shape index (κ2) is 9.80. The summed E-state index contributed by atoms with van der Waals surface area (Å²) in [5.41, 5.74) is 1.58. The average Bonchev–Trinajstić information content (AvgIpc) is 3.35. The molecule has 182 valence electrons. The minimum atomic E-state index is -4.09. The normalized spacial score (nSPS) is 14.9. The number of carbonyl (C=O) groups is 1. The smallest absolute Gasteiger partial charge is 0.281 e. The molecular weight excluding hydrogens is 456 g/mol. The van der Waals surface area contributed by atoms with Crippen LogP contribution >= 0.6 is 0 Å². The number of hydrogen-bond donors (Lipinski definition) is 2. The van der Waals surface area contributed by atoms with Crippen molar-refractivity contribution in [2.75, 3.05) is 18.0 Å². The molecule has 3 aromatic heterocycles. The summed E-state index contributed by atoms with van der Waals surface area (Å²) >= 11 is 0. The Bertz CT molecular complexity index is 1240. The van der Waals surface area contributed by atoms with E-state index >= 15 is 0 Å². The fourth-order valence-corrected chi connectivity index (χ4v) is 4.59. The molecule has 4 rings (SSSR count). The first-order valence-corrected chi connectivity index (χ1v) is 12.7. The first-order valence-electron chi connectivity index (χ1n) is 11.2. The standard InChI is InChI=1S/C23H28N6O4S.H2/c1-15(2)33-20-7-4-17(14-24-20)19-6-5-18(22(26-19)29-12-9-16(3)10-13-29)23(30)28-34(31,32)21-8-11-25-27-21;/h4-8,11,14-16H,9-10,12-13H2,1-3H3,(H,25,27)(H,28,30);1H. The van der Waals surface area contributed by atoms with Crippen molar-refractivity contribution in [3.8, 4) is 17.1 Å². The monoisotopic (exact) mass is 486 g/mol. The van der Waals surface area contributed by atoms with E-state index in [1.165, 1.54) is 12.3 Å². The Morgan fingerprint density at radius 1 is 1.21 bits per heavy atom. The first kappa shape index (κ1) is 23.7. The van der Waals surface area contributed by atoms with E-state index in [9.17, 15) is 13.2 Å². The number of ether oxygens (including phenoxy) is 1. The van der Waals surface area contributed by atoms with E-state index < -0.39 is 15.9 Å². The number of anilines is 1. The fourth-order valence-electron chi connectivity index (χ4n) is 3.72. The van der Waals surface area contributed by atoms with Crippen LogP contribution in [0.15, 0.2) is 47.8 Å². The third-order valence-electron chi connectivity index (χ3n) is 5.58. The molecule has 1 fully saturated rings. The number of aromatic nitrogens is 4. The van der Waals surface area contributed by atoms with Gasteiger partial charge >= 0.3 is 0 Å². The summed E-state index contributed by atoms with van der Waals surface area (Å²) in [7, 11) is -4.09. The lowest BCUT2D eigenvalue weighted by Gasteiger charge is -2.32. The van der Waals surface area contributed by atoms with Crippen molar-refractivity contribution in [3.05, 3.63) is 48.3 Å². The Balaban J connectivity index is 0.00000342. The van der Waals surface area contributed by atoms with Crippen LogP contribution in [0.5, 0.6) is 5.88 Å². The van der Waals surface area contributed by atoms with Gasteiger partial charge in [-0.2, -0.15) is 13.5 Å². The minimum Gasteiger partial charge on any atom is -0.475 e. The van der Waals surface area contributed by atoms with E-state index in [4.69, 9.17) is 9.72 Å². The number of pyridine rings is 2. The molecule has 0 radical (unpaired) electrons. The number of H-pyrrole nitrogens is 1. The predicted molar refractivity (Wildman–Crippen MR) is 129 cm³/mol. The molecule has 0 saturated carbocycles. The highest BCUT2D eigenvalue weighted by atomic mass is 32.2. The van der Waals surface area contributed by atoms with Crippen LogP contribution in [0.2, 0.25) is 0 Å². The molecule has 1 saturated heterocycles. The lowest BCUT2D eigenvalue weighted by molar-refractivity contribution is 0.0981. The van der Waals surface area contributed by atoms with Gasteiger partial charge in [0.25, 0.3) is 15.9 Å². The molecule has 1 amide bonds. The van der Waals surface area contributed by atoms with Crippen molar-refractivity contribution in [1.29, 1.82) is 0 Å². The van der Waals surface area contributed by atoms with Crippen molar-refractivity contribution in [1.82, 2.24) is 24.9 Å². The number of amides is 1. The van der Waals surface area contributed by atoms with Crippen molar-refractivity contribution in [2.45, 2.75) is 44.7 Å². The van der Waals surface area contributed by atoms with Gasteiger partial charge in [-0.1, -0.05) is 6.92 Å². The summed E-state index contributed by atoms with van der Waals surface area (Å²) in [6.45, 7) is 7.51. The summed E-state index contributed by atoms with van der Waals surface area (Å²) in [6, 6.07) is 8.21. The second-order valence-corrected chi connectivity index (χ2v) is 10.3. The molecular formula is C23H30N6O4S. The highest BCUT2D eigenvalue weighted by Gasteiger charge is 2.26. The zero-order valence-electron chi connectivity index (χ0n) is 19.4. The Kier molecular flexibility index (Phi) is 6.82. The molecule has 1 aliphatic rings. The maximum atomic E-state index is 13.1. The number of carbonyl (C=O) groups excluding carboxylic acids is 1. The van der Waals surface area contributed by atoms with Crippen LogP contribution < -0.4 is 14.4 Å². The zero-order chi connectivity index (χ0) is 24.3. The van der Waals surface area contributed by atoms with Gasteiger partial charge in [-0.05, 0) is 56.9 Å². The third-order valence-corrected chi connectivity index (χ3v) is 6.84. The van der Waals surface area contributed by atoms with Crippen LogP contribution in [0.25, 0.3) is 11.3 Å².